The molecule has 2 nitrogen and oxygen atoms in total. The third-order valence-corrected chi connectivity index (χ3v) is 4.03. The molecule has 0 spiro atoms. The van der Waals surface area contributed by atoms with E-state index in [4.69, 9.17) is 0 Å². The quantitative estimate of drug-likeness (QED) is 0.895. The third kappa shape index (κ3) is 3.33. The first-order chi connectivity index (χ1) is 9.11. The van der Waals surface area contributed by atoms with Gasteiger partial charge in [-0.3, -0.25) is 0 Å². The molecule has 19 heavy (non-hydrogen) atoms. The summed E-state index contributed by atoms with van der Waals surface area (Å²) in [5.74, 6) is -0.190. The summed E-state index contributed by atoms with van der Waals surface area (Å²) in [7, 11) is 3.93. The van der Waals surface area contributed by atoms with Gasteiger partial charge in [-0.1, -0.05) is 0 Å². The maximum absolute atomic E-state index is 13.4. The van der Waals surface area contributed by atoms with E-state index >= 15 is 0 Å². The van der Waals surface area contributed by atoms with Crippen LogP contribution in [0, 0.1) is 5.82 Å². The first kappa shape index (κ1) is 14.0. The van der Waals surface area contributed by atoms with Gasteiger partial charge in [0.15, 0.2) is 0 Å². The molecule has 1 heterocycles. The lowest BCUT2D eigenvalue weighted by molar-refractivity contribution is 0.607. The highest BCUT2D eigenvalue weighted by Gasteiger charge is 2.13. The first-order valence-corrected chi connectivity index (χ1v) is 7.25. The summed E-state index contributed by atoms with van der Waals surface area (Å²) >= 11 is 1.70. The molecule has 0 fully saturated rings. The molecule has 1 aromatic carbocycles. The van der Waals surface area contributed by atoms with Crippen molar-refractivity contribution in [1.82, 2.24) is 5.32 Å². The zero-order chi connectivity index (χ0) is 13.8. The molecule has 0 bridgehead atoms. The van der Waals surface area contributed by atoms with Crippen molar-refractivity contribution in [3.63, 3.8) is 0 Å². The maximum atomic E-state index is 13.4. The topological polar surface area (TPSA) is 15.3 Å². The number of hydrogen-bond donors (Lipinski definition) is 1. The van der Waals surface area contributed by atoms with Crippen molar-refractivity contribution in [2.24, 2.45) is 0 Å². The van der Waals surface area contributed by atoms with Gasteiger partial charge in [0.25, 0.3) is 0 Å². The number of halogens is 1. The largest absolute Gasteiger partial charge is 0.370 e. The monoisotopic (exact) mass is 278 g/mol. The minimum absolute atomic E-state index is 0.121. The lowest BCUT2D eigenvalue weighted by atomic mass is 10.0. The molecule has 1 N–H and O–H groups in total. The van der Waals surface area contributed by atoms with Crippen LogP contribution >= 0.6 is 11.3 Å². The van der Waals surface area contributed by atoms with Gasteiger partial charge >= 0.3 is 0 Å². The Morgan fingerprint density at radius 3 is 2.79 bits per heavy atom. The second kappa shape index (κ2) is 6.17. The Hall–Kier alpha value is -1.39. The van der Waals surface area contributed by atoms with Crippen LogP contribution in [0.4, 0.5) is 10.1 Å². The molecule has 0 aliphatic heterocycles. The maximum Gasteiger partial charge on any atom is 0.123 e. The van der Waals surface area contributed by atoms with Gasteiger partial charge in [0.2, 0.25) is 0 Å². The summed E-state index contributed by atoms with van der Waals surface area (Å²) < 4.78 is 13.4. The molecule has 0 amide bonds. The number of hydrogen-bond acceptors (Lipinski definition) is 3. The minimum atomic E-state index is -0.190. The van der Waals surface area contributed by atoms with Crippen molar-refractivity contribution < 1.29 is 4.39 Å². The molecule has 0 aliphatic rings. The van der Waals surface area contributed by atoms with Gasteiger partial charge in [-0.25, -0.2) is 4.39 Å². The van der Waals surface area contributed by atoms with Crippen LogP contribution in [0.1, 0.15) is 24.1 Å². The molecule has 0 aliphatic carbocycles. The fourth-order valence-corrected chi connectivity index (χ4v) is 2.78. The van der Waals surface area contributed by atoms with E-state index in [0.717, 1.165) is 17.8 Å². The summed E-state index contributed by atoms with van der Waals surface area (Å²) in [6.07, 6.45) is 0. The summed E-state index contributed by atoms with van der Waals surface area (Å²) in [5, 5.41) is 7.39. The third-order valence-electron chi connectivity index (χ3n) is 3.30. The van der Waals surface area contributed by atoms with E-state index in [1.165, 1.54) is 11.6 Å². The zero-order valence-corrected chi connectivity index (χ0v) is 12.3. The Balaban J connectivity index is 2.27. The Bertz CT molecular complexity index is 525. The summed E-state index contributed by atoms with van der Waals surface area (Å²) in [5.41, 5.74) is 3.33. The van der Waals surface area contributed by atoms with E-state index < -0.39 is 0 Å². The van der Waals surface area contributed by atoms with Gasteiger partial charge in [0, 0.05) is 25.3 Å². The van der Waals surface area contributed by atoms with Crippen LogP contribution in [-0.2, 0) is 6.54 Å². The van der Waals surface area contributed by atoms with Gasteiger partial charge < -0.3 is 10.2 Å². The molecule has 1 unspecified atom stereocenters. The van der Waals surface area contributed by atoms with E-state index in [0.29, 0.717) is 0 Å². The molecule has 0 saturated heterocycles. The summed E-state index contributed by atoms with van der Waals surface area (Å²) in [4.78, 5) is 2.16. The predicted molar refractivity (Wildman–Crippen MR) is 80.3 cm³/mol. The fourth-order valence-electron chi connectivity index (χ4n) is 2.12. The molecular weight excluding hydrogens is 259 g/mol. The average Bonchev–Trinajstić information content (AvgIpc) is 2.90. The molecule has 2 rings (SSSR count). The summed E-state index contributed by atoms with van der Waals surface area (Å²) in [6, 6.07) is 7.22. The van der Waals surface area contributed by atoms with E-state index in [2.05, 4.69) is 27.0 Å². The smallest absolute Gasteiger partial charge is 0.123 e. The second-order valence-electron chi connectivity index (χ2n) is 4.70. The van der Waals surface area contributed by atoms with Gasteiger partial charge in [-0.05, 0) is 60.1 Å². The van der Waals surface area contributed by atoms with E-state index in [1.54, 1.807) is 17.4 Å². The van der Waals surface area contributed by atoms with Gasteiger partial charge in [0.1, 0.15) is 5.82 Å². The van der Waals surface area contributed by atoms with Crippen LogP contribution in [0.2, 0.25) is 0 Å². The zero-order valence-electron chi connectivity index (χ0n) is 11.5. The SMILES string of the molecule is CNC(C)c1cc(F)ccc1N(C)Cc1ccsc1. The molecule has 0 radical (unpaired) electrons. The molecule has 1 aromatic heterocycles. The van der Waals surface area contributed by atoms with Crippen molar-refractivity contribution in [2.75, 3.05) is 19.0 Å². The Labute approximate surface area is 117 Å². The first-order valence-electron chi connectivity index (χ1n) is 6.30. The lowest BCUT2D eigenvalue weighted by Gasteiger charge is -2.25. The van der Waals surface area contributed by atoms with Crippen LogP contribution in [0.25, 0.3) is 0 Å². The highest BCUT2D eigenvalue weighted by Crippen LogP contribution is 2.27. The van der Waals surface area contributed by atoms with Gasteiger partial charge in [-0.15, -0.1) is 0 Å². The number of nitrogens with one attached hydrogen (secondary N) is 1. The van der Waals surface area contributed by atoms with Crippen LogP contribution in [0.5, 0.6) is 0 Å². The number of thiophene rings is 1. The van der Waals surface area contributed by atoms with Crippen molar-refractivity contribution >= 4 is 17.0 Å². The van der Waals surface area contributed by atoms with Crippen molar-refractivity contribution in [1.29, 1.82) is 0 Å². The standard InChI is InChI=1S/C15H19FN2S/c1-11(17-2)14-8-13(16)4-5-15(14)18(3)9-12-6-7-19-10-12/h4-8,10-11,17H,9H2,1-3H3. The van der Waals surface area contributed by atoms with Crippen molar-refractivity contribution in [2.45, 2.75) is 19.5 Å². The van der Waals surface area contributed by atoms with Gasteiger partial charge in [-0.2, -0.15) is 11.3 Å². The van der Waals surface area contributed by atoms with Gasteiger partial charge in [0.05, 0.1) is 0 Å². The normalized spacial score (nSPS) is 12.4. The highest BCUT2D eigenvalue weighted by atomic mass is 32.1. The highest BCUT2D eigenvalue weighted by molar-refractivity contribution is 7.07. The predicted octanol–water partition coefficient (Wildman–Crippen LogP) is 3.80. The van der Waals surface area contributed by atoms with Crippen molar-refractivity contribution in [3.8, 4) is 0 Å². The Kier molecular flexibility index (Phi) is 4.56. The minimum Gasteiger partial charge on any atom is -0.370 e. The molecule has 4 heteroatoms. The number of rotatable bonds is 5. The van der Waals surface area contributed by atoms with Crippen LogP contribution < -0.4 is 10.2 Å². The molecule has 1 atom stereocenters. The Morgan fingerprint density at radius 2 is 2.16 bits per heavy atom. The summed E-state index contributed by atoms with van der Waals surface area (Å²) in [6.45, 7) is 2.87. The second-order valence-corrected chi connectivity index (χ2v) is 5.48. The fraction of sp³-hybridized carbons (Fsp3) is 0.333. The van der Waals surface area contributed by atoms with Crippen LogP contribution in [0.3, 0.4) is 0 Å². The number of benzene rings is 1. The molecule has 102 valence electrons. The van der Waals surface area contributed by atoms with Crippen molar-refractivity contribution in [3.05, 3.63) is 52.0 Å². The number of anilines is 1. The van der Waals surface area contributed by atoms with E-state index in [-0.39, 0.29) is 11.9 Å². The lowest BCUT2D eigenvalue weighted by Crippen LogP contribution is -2.21. The van der Waals surface area contributed by atoms with E-state index in [9.17, 15) is 4.39 Å². The van der Waals surface area contributed by atoms with E-state index in [1.807, 2.05) is 27.1 Å². The number of nitrogens with zero attached hydrogens (tertiary/aromatic N) is 1. The Morgan fingerprint density at radius 1 is 1.37 bits per heavy atom. The molecule has 0 saturated carbocycles. The molecular formula is C15H19FN2S. The van der Waals surface area contributed by atoms with Crippen LogP contribution in [-0.4, -0.2) is 14.1 Å². The van der Waals surface area contributed by atoms with Crippen LogP contribution in [0.15, 0.2) is 35.0 Å². The average molecular weight is 278 g/mol. The molecule has 2 aromatic rings.